The Labute approximate surface area is 89.8 Å². The molecular formula is C12H18O3. The van der Waals surface area contributed by atoms with Gasteiger partial charge in [0.05, 0.1) is 5.56 Å². The van der Waals surface area contributed by atoms with Crippen LogP contribution in [0.25, 0.3) is 0 Å². The van der Waals surface area contributed by atoms with Gasteiger partial charge in [0.25, 0.3) is 5.43 Å². The molecule has 3 nitrogen and oxygen atoms in total. The Bertz CT molecular complexity index is 403. The van der Waals surface area contributed by atoms with Crippen molar-refractivity contribution >= 4 is 0 Å². The third-order valence-electron chi connectivity index (χ3n) is 2.15. The van der Waals surface area contributed by atoms with E-state index in [1.54, 1.807) is 0 Å². The minimum Gasteiger partial charge on any atom is -0.483 e. The summed E-state index contributed by atoms with van der Waals surface area (Å²) in [6, 6.07) is 0. The molecule has 0 saturated heterocycles. The molecule has 0 aliphatic heterocycles. The van der Waals surface area contributed by atoms with Gasteiger partial charge in [-0.1, -0.05) is 13.3 Å². The van der Waals surface area contributed by atoms with Crippen molar-refractivity contribution in [2.45, 2.75) is 52.6 Å². The third kappa shape index (κ3) is 2.67. The summed E-state index contributed by atoms with van der Waals surface area (Å²) in [6.07, 6.45) is 2.59. The largest absolute Gasteiger partial charge is 0.483 e. The first-order valence-corrected chi connectivity index (χ1v) is 5.38. The average Bonchev–Trinajstić information content (AvgIpc) is 2.14. The van der Waals surface area contributed by atoms with E-state index in [0.717, 1.165) is 12.8 Å². The van der Waals surface area contributed by atoms with Gasteiger partial charge in [-0.05, 0) is 33.6 Å². The fraction of sp³-hybridized carbons (Fsp3) is 0.667. The summed E-state index contributed by atoms with van der Waals surface area (Å²) in [5.41, 5.74) is -0.654. The van der Waals surface area contributed by atoms with E-state index in [2.05, 4.69) is 6.92 Å². The highest BCUT2D eigenvalue weighted by Crippen LogP contribution is 2.19. The van der Waals surface area contributed by atoms with Crippen molar-refractivity contribution in [3.05, 3.63) is 26.0 Å². The van der Waals surface area contributed by atoms with Gasteiger partial charge in [0, 0.05) is 0 Å². The first-order valence-electron chi connectivity index (χ1n) is 5.38. The molecule has 0 unspecified atom stereocenters. The van der Waals surface area contributed by atoms with Crippen LogP contribution in [0.1, 0.15) is 46.1 Å². The van der Waals surface area contributed by atoms with Gasteiger partial charge >= 0.3 is 0 Å². The monoisotopic (exact) mass is 210 g/mol. The van der Waals surface area contributed by atoms with E-state index < -0.39 is 11.0 Å². The van der Waals surface area contributed by atoms with E-state index in [1.165, 1.54) is 0 Å². The Morgan fingerprint density at radius 3 is 2.20 bits per heavy atom. The van der Waals surface area contributed by atoms with Crippen molar-refractivity contribution in [1.29, 1.82) is 0 Å². The molecule has 0 bridgehead atoms. The van der Waals surface area contributed by atoms with E-state index >= 15 is 0 Å². The second-order valence-electron chi connectivity index (χ2n) is 4.78. The van der Waals surface area contributed by atoms with Crippen molar-refractivity contribution in [2.75, 3.05) is 0 Å². The van der Waals surface area contributed by atoms with Crippen molar-refractivity contribution in [1.82, 2.24) is 0 Å². The van der Waals surface area contributed by atoms with Crippen molar-refractivity contribution in [3.63, 3.8) is 0 Å². The zero-order valence-electron chi connectivity index (χ0n) is 9.85. The van der Waals surface area contributed by atoms with Crippen LogP contribution in [-0.2, 0) is 6.42 Å². The minimum atomic E-state index is -0.462. The van der Waals surface area contributed by atoms with Crippen LogP contribution in [0.5, 0.6) is 5.75 Å². The Hall–Kier alpha value is -1.12. The smallest absolute Gasteiger partial charge is 0.268 e. The van der Waals surface area contributed by atoms with E-state index in [4.69, 9.17) is 4.74 Å². The van der Waals surface area contributed by atoms with Gasteiger partial charge in [0.1, 0.15) is 5.60 Å². The van der Waals surface area contributed by atoms with Crippen LogP contribution in [0, 0.1) is 0 Å². The van der Waals surface area contributed by atoms with Crippen LogP contribution in [0.2, 0.25) is 0 Å². The van der Waals surface area contributed by atoms with E-state index in [0.29, 0.717) is 17.7 Å². The number of hydrogen-bond acceptors (Lipinski definition) is 3. The Morgan fingerprint density at radius 2 is 1.73 bits per heavy atom. The van der Waals surface area contributed by atoms with E-state index in [1.807, 2.05) is 20.8 Å². The van der Waals surface area contributed by atoms with Gasteiger partial charge in [0.2, 0.25) is 5.43 Å². The van der Waals surface area contributed by atoms with Crippen LogP contribution >= 0.6 is 0 Å². The molecule has 0 aromatic heterocycles. The minimum absolute atomic E-state index is 0.293. The zero-order valence-corrected chi connectivity index (χ0v) is 9.85. The molecule has 0 amide bonds. The van der Waals surface area contributed by atoms with Gasteiger partial charge in [-0.3, -0.25) is 9.59 Å². The first-order chi connectivity index (χ1) is 6.87. The molecule has 84 valence electrons. The summed E-state index contributed by atoms with van der Waals surface area (Å²) in [5.74, 6) is 0.293. The SMILES string of the molecule is CCCCc1c(OC(C)(C)C)c(=O)c1=O. The summed E-state index contributed by atoms with van der Waals surface area (Å²) in [7, 11) is 0. The normalized spacial score (nSPS) is 12.0. The van der Waals surface area contributed by atoms with Gasteiger partial charge in [0.15, 0.2) is 5.75 Å². The Morgan fingerprint density at radius 1 is 1.13 bits per heavy atom. The van der Waals surface area contributed by atoms with Crippen LogP contribution < -0.4 is 15.6 Å². The number of unbranched alkanes of at least 4 members (excludes halogenated alkanes) is 1. The molecule has 0 fully saturated rings. The lowest BCUT2D eigenvalue weighted by Gasteiger charge is -2.23. The maximum atomic E-state index is 11.3. The van der Waals surface area contributed by atoms with Gasteiger partial charge in [-0.2, -0.15) is 0 Å². The molecule has 1 aromatic carbocycles. The highest BCUT2D eigenvalue weighted by atomic mass is 16.5. The number of ether oxygens (including phenoxy) is 1. The van der Waals surface area contributed by atoms with Crippen molar-refractivity contribution in [2.24, 2.45) is 0 Å². The molecule has 1 rings (SSSR count). The van der Waals surface area contributed by atoms with Crippen molar-refractivity contribution < 1.29 is 4.74 Å². The highest BCUT2D eigenvalue weighted by Gasteiger charge is 2.25. The van der Waals surface area contributed by atoms with Gasteiger partial charge in [-0.15, -0.1) is 0 Å². The summed E-state index contributed by atoms with van der Waals surface area (Å²) >= 11 is 0. The third-order valence-corrected chi connectivity index (χ3v) is 2.15. The summed E-state index contributed by atoms with van der Waals surface area (Å²) in [5, 5.41) is 0. The van der Waals surface area contributed by atoms with Crippen LogP contribution in [0.4, 0.5) is 0 Å². The van der Waals surface area contributed by atoms with E-state index in [9.17, 15) is 9.59 Å². The topological polar surface area (TPSA) is 43.4 Å². The van der Waals surface area contributed by atoms with Crippen LogP contribution in [-0.4, -0.2) is 5.60 Å². The molecule has 0 N–H and O–H groups in total. The van der Waals surface area contributed by atoms with Gasteiger partial charge in [-0.25, -0.2) is 0 Å². The van der Waals surface area contributed by atoms with Crippen LogP contribution in [0.15, 0.2) is 9.59 Å². The summed E-state index contributed by atoms with van der Waals surface area (Å²) in [6.45, 7) is 7.66. The van der Waals surface area contributed by atoms with E-state index in [-0.39, 0.29) is 5.43 Å². The Balaban J connectivity index is 2.85. The standard InChI is InChI=1S/C12H18O3/c1-5-6-7-8-9(13)10(14)11(8)15-12(2,3)4/h5-7H2,1-4H3. The lowest BCUT2D eigenvalue weighted by atomic mass is 10.0. The van der Waals surface area contributed by atoms with Crippen LogP contribution in [0.3, 0.4) is 0 Å². The fourth-order valence-corrected chi connectivity index (χ4v) is 1.41. The zero-order chi connectivity index (χ0) is 11.6. The highest BCUT2D eigenvalue weighted by molar-refractivity contribution is 5.39. The molecule has 0 heterocycles. The number of hydrogen-bond donors (Lipinski definition) is 0. The molecule has 0 aliphatic rings. The molecule has 0 spiro atoms. The van der Waals surface area contributed by atoms with Gasteiger partial charge < -0.3 is 4.74 Å². The lowest BCUT2D eigenvalue weighted by Crippen LogP contribution is -2.40. The molecule has 0 saturated carbocycles. The molecule has 1 aromatic rings. The van der Waals surface area contributed by atoms with Crippen molar-refractivity contribution in [3.8, 4) is 5.75 Å². The second-order valence-corrected chi connectivity index (χ2v) is 4.78. The molecule has 15 heavy (non-hydrogen) atoms. The Kier molecular flexibility index (Phi) is 3.32. The average molecular weight is 210 g/mol. The predicted octanol–water partition coefficient (Wildman–Crippen LogP) is 1.80. The number of rotatable bonds is 4. The molecule has 0 aliphatic carbocycles. The quantitative estimate of drug-likeness (QED) is 0.712. The maximum absolute atomic E-state index is 11.3. The summed E-state index contributed by atoms with van der Waals surface area (Å²) in [4.78, 5) is 22.6. The maximum Gasteiger partial charge on any atom is 0.268 e. The first kappa shape index (κ1) is 12.0. The predicted molar refractivity (Wildman–Crippen MR) is 60.3 cm³/mol. The molecular weight excluding hydrogens is 192 g/mol. The molecule has 3 heteroatoms. The second kappa shape index (κ2) is 4.17. The summed E-state index contributed by atoms with van der Waals surface area (Å²) < 4.78 is 5.48. The molecule has 0 atom stereocenters. The lowest BCUT2D eigenvalue weighted by molar-refractivity contribution is 0.125. The molecule has 0 radical (unpaired) electrons. The fourth-order valence-electron chi connectivity index (χ4n) is 1.41.